The summed E-state index contributed by atoms with van der Waals surface area (Å²) < 4.78 is 5.76. The van der Waals surface area contributed by atoms with Gasteiger partial charge in [-0.2, -0.15) is 0 Å². The molecule has 0 aliphatic carbocycles. The number of halogens is 1. The van der Waals surface area contributed by atoms with Gasteiger partial charge in [0.15, 0.2) is 0 Å². The van der Waals surface area contributed by atoms with E-state index in [0.717, 1.165) is 16.9 Å². The van der Waals surface area contributed by atoms with Crippen LogP contribution in [0.5, 0.6) is 5.75 Å². The summed E-state index contributed by atoms with van der Waals surface area (Å²) in [6.07, 6.45) is 0. The van der Waals surface area contributed by atoms with E-state index in [1.807, 2.05) is 43.3 Å². The molecule has 0 saturated heterocycles. The van der Waals surface area contributed by atoms with Crippen molar-refractivity contribution in [2.75, 3.05) is 0 Å². The van der Waals surface area contributed by atoms with Crippen LogP contribution in [-0.2, 0) is 6.61 Å². The molecule has 2 rings (SSSR count). The van der Waals surface area contributed by atoms with Crippen LogP contribution in [0.25, 0.3) is 0 Å². The number of amidine groups is 1. The van der Waals surface area contributed by atoms with Crippen molar-refractivity contribution in [1.29, 1.82) is 5.41 Å². The Labute approximate surface area is 117 Å². The molecule has 0 atom stereocenters. The summed E-state index contributed by atoms with van der Waals surface area (Å²) in [4.78, 5) is 0. The fourth-order valence-corrected chi connectivity index (χ4v) is 1.92. The van der Waals surface area contributed by atoms with Gasteiger partial charge in [-0.15, -0.1) is 0 Å². The monoisotopic (exact) mass is 274 g/mol. The summed E-state index contributed by atoms with van der Waals surface area (Å²) >= 11 is 5.92. The number of aryl methyl sites for hydroxylation is 1. The molecule has 0 heterocycles. The summed E-state index contributed by atoms with van der Waals surface area (Å²) in [5.74, 6) is 0.764. The number of ether oxygens (including phenoxy) is 1. The van der Waals surface area contributed by atoms with E-state index < -0.39 is 0 Å². The van der Waals surface area contributed by atoms with Gasteiger partial charge < -0.3 is 10.5 Å². The zero-order chi connectivity index (χ0) is 13.8. The number of nitrogen functional groups attached to an aromatic ring is 1. The number of benzene rings is 2. The molecule has 3 nitrogen and oxygen atoms in total. The second-order valence-corrected chi connectivity index (χ2v) is 4.75. The summed E-state index contributed by atoms with van der Waals surface area (Å²) in [5, 5.41) is 8.12. The minimum atomic E-state index is 0.0348. The summed E-state index contributed by atoms with van der Waals surface area (Å²) in [6.45, 7) is 2.39. The van der Waals surface area contributed by atoms with Gasteiger partial charge in [0, 0.05) is 10.6 Å². The van der Waals surface area contributed by atoms with Crippen LogP contribution in [0.4, 0.5) is 0 Å². The molecule has 0 fully saturated rings. The predicted molar refractivity (Wildman–Crippen MR) is 78.0 cm³/mol. The normalized spacial score (nSPS) is 10.2. The molecule has 0 bridgehead atoms. The maximum Gasteiger partial charge on any atom is 0.123 e. The standard InChI is InChI=1S/C15H15ClN2O/c1-10-5-6-12(15(17)18)8-14(10)19-9-11-3-2-4-13(16)7-11/h2-8H,9H2,1H3,(H3,17,18). The molecule has 0 unspecified atom stereocenters. The van der Waals surface area contributed by atoms with Crippen LogP contribution in [0, 0.1) is 12.3 Å². The van der Waals surface area contributed by atoms with Gasteiger partial charge >= 0.3 is 0 Å². The van der Waals surface area contributed by atoms with Crippen LogP contribution in [0.15, 0.2) is 42.5 Å². The molecule has 0 aromatic heterocycles. The highest BCUT2D eigenvalue weighted by Gasteiger charge is 2.04. The second-order valence-electron chi connectivity index (χ2n) is 4.31. The van der Waals surface area contributed by atoms with Crippen molar-refractivity contribution in [2.24, 2.45) is 5.73 Å². The third-order valence-electron chi connectivity index (χ3n) is 2.78. The van der Waals surface area contributed by atoms with E-state index in [9.17, 15) is 0 Å². The molecule has 0 spiro atoms. The first-order chi connectivity index (χ1) is 9.06. The van der Waals surface area contributed by atoms with Gasteiger partial charge in [-0.05, 0) is 36.2 Å². The molecule has 0 radical (unpaired) electrons. The van der Waals surface area contributed by atoms with Gasteiger partial charge in [-0.1, -0.05) is 35.9 Å². The van der Waals surface area contributed by atoms with Gasteiger partial charge in [-0.3, -0.25) is 5.41 Å². The first kappa shape index (κ1) is 13.4. The van der Waals surface area contributed by atoms with Gasteiger partial charge in [0.1, 0.15) is 18.2 Å². The lowest BCUT2D eigenvalue weighted by atomic mass is 10.1. The Hall–Kier alpha value is -2.00. The lowest BCUT2D eigenvalue weighted by molar-refractivity contribution is 0.304. The Bertz CT molecular complexity index is 611. The Balaban J connectivity index is 2.15. The van der Waals surface area contributed by atoms with E-state index in [4.69, 9.17) is 27.5 Å². The highest BCUT2D eigenvalue weighted by molar-refractivity contribution is 6.30. The van der Waals surface area contributed by atoms with Gasteiger partial charge in [0.25, 0.3) is 0 Å². The Kier molecular flexibility index (Phi) is 4.07. The fraction of sp³-hybridized carbons (Fsp3) is 0.133. The third-order valence-corrected chi connectivity index (χ3v) is 3.02. The zero-order valence-electron chi connectivity index (χ0n) is 10.6. The van der Waals surface area contributed by atoms with E-state index >= 15 is 0 Å². The highest BCUT2D eigenvalue weighted by atomic mass is 35.5. The maximum absolute atomic E-state index is 7.43. The Morgan fingerprint density at radius 2 is 2.05 bits per heavy atom. The van der Waals surface area contributed by atoms with E-state index in [0.29, 0.717) is 17.2 Å². The molecule has 0 aliphatic heterocycles. The van der Waals surface area contributed by atoms with Crippen LogP contribution in [-0.4, -0.2) is 5.84 Å². The molecule has 98 valence electrons. The molecule has 2 aromatic rings. The van der Waals surface area contributed by atoms with Gasteiger partial charge in [-0.25, -0.2) is 0 Å². The third kappa shape index (κ3) is 3.48. The number of nitrogens with one attached hydrogen (secondary N) is 1. The molecular formula is C15H15ClN2O. The van der Waals surface area contributed by atoms with Crippen molar-refractivity contribution in [2.45, 2.75) is 13.5 Å². The summed E-state index contributed by atoms with van der Waals surface area (Å²) in [7, 11) is 0. The van der Waals surface area contributed by atoms with Crippen LogP contribution in [0.3, 0.4) is 0 Å². The topological polar surface area (TPSA) is 59.1 Å². The molecule has 0 saturated carbocycles. The van der Waals surface area contributed by atoms with Crippen molar-refractivity contribution in [1.82, 2.24) is 0 Å². The lowest BCUT2D eigenvalue weighted by Crippen LogP contribution is -2.11. The van der Waals surface area contributed by atoms with Crippen molar-refractivity contribution >= 4 is 17.4 Å². The maximum atomic E-state index is 7.43. The van der Waals surface area contributed by atoms with Crippen molar-refractivity contribution in [3.63, 3.8) is 0 Å². The Morgan fingerprint density at radius 3 is 2.74 bits per heavy atom. The predicted octanol–water partition coefficient (Wildman–Crippen LogP) is 3.51. The second kappa shape index (κ2) is 5.76. The van der Waals surface area contributed by atoms with E-state index in [2.05, 4.69) is 0 Å². The van der Waals surface area contributed by atoms with Crippen LogP contribution in [0.1, 0.15) is 16.7 Å². The van der Waals surface area contributed by atoms with Crippen molar-refractivity contribution < 1.29 is 4.74 Å². The van der Waals surface area contributed by atoms with Crippen LogP contribution in [0.2, 0.25) is 5.02 Å². The van der Waals surface area contributed by atoms with Crippen molar-refractivity contribution in [3.8, 4) is 5.75 Å². The van der Waals surface area contributed by atoms with Crippen LogP contribution < -0.4 is 10.5 Å². The largest absolute Gasteiger partial charge is 0.489 e. The zero-order valence-corrected chi connectivity index (χ0v) is 11.4. The van der Waals surface area contributed by atoms with E-state index in [1.165, 1.54) is 0 Å². The molecular weight excluding hydrogens is 260 g/mol. The SMILES string of the molecule is Cc1ccc(C(=N)N)cc1OCc1cccc(Cl)c1. The van der Waals surface area contributed by atoms with Gasteiger partial charge in [0.05, 0.1) is 0 Å². The fourth-order valence-electron chi connectivity index (χ4n) is 1.71. The summed E-state index contributed by atoms with van der Waals surface area (Å²) in [6, 6.07) is 13.0. The number of hydrogen-bond acceptors (Lipinski definition) is 2. The quantitative estimate of drug-likeness (QED) is 0.662. The molecule has 3 N–H and O–H groups in total. The molecule has 0 aliphatic rings. The molecule has 19 heavy (non-hydrogen) atoms. The van der Waals surface area contributed by atoms with E-state index in [-0.39, 0.29) is 5.84 Å². The average Bonchev–Trinajstić information content (AvgIpc) is 2.37. The summed E-state index contributed by atoms with van der Waals surface area (Å²) in [5.41, 5.74) is 8.14. The average molecular weight is 275 g/mol. The van der Waals surface area contributed by atoms with Crippen molar-refractivity contribution in [3.05, 3.63) is 64.2 Å². The molecule has 2 aromatic carbocycles. The van der Waals surface area contributed by atoms with Crippen LogP contribution >= 0.6 is 11.6 Å². The van der Waals surface area contributed by atoms with Gasteiger partial charge in [0.2, 0.25) is 0 Å². The highest BCUT2D eigenvalue weighted by Crippen LogP contribution is 2.21. The molecule has 0 amide bonds. The minimum Gasteiger partial charge on any atom is -0.489 e. The first-order valence-corrected chi connectivity index (χ1v) is 6.26. The minimum absolute atomic E-state index is 0.0348. The van der Waals surface area contributed by atoms with E-state index in [1.54, 1.807) is 6.07 Å². The smallest absolute Gasteiger partial charge is 0.123 e. The number of nitrogens with two attached hydrogens (primary N) is 1. The lowest BCUT2D eigenvalue weighted by Gasteiger charge is -2.11. The number of rotatable bonds is 4. The molecule has 4 heteroatoms. The number of hydrogen-bond donors (Lipinski definition) is 2. The first-order valence-electron chi connectivity index (χ1n) is 5.88. The Morgan fingerprint density at radius 1 is 1.26 bits per heavy atom.